The molecule has 0 aromatic heterocycles. The van der Waals surface area contributed by atoms with Crippen LogP contribution in [0.5, 0.6) is 0 Å². The topological polar surface area (TPSA) is 201 Å². The highest BCUT2D eigenvalue weighted by atomic mass is 32.1. The third-order valence-electron chi connectivity index (χ3n) is 4.20. The smallest absolute Gasteiger partial charge is 0.254 e. The van der Waals surface area contributed by atoms with Crippen LogP contribution >= 0.6 is 12.6 Å². The molecule has 2 aliphatic heterocycles. The molecule has 0 aromatic carbocycles. The van der Waals surface area contributed by atoms with E-state index in [9.17, 15) is 40.9 Å². The first-order valence-corrected chi connectivity index (χ1v) is 7.10. The molecule has 11 nitrogen and oxygen atoms in total. The maximum atomic E-state index is 10.5. The van der Waals surface area contributed by atoms with Crippen LogP contribution in [-0.2, 0) is 9.47 Å². The predicted molar refractivity (Wildman–Crippen MR) is 71.8 cm³/mol. The minimum atomic E-state index is -3.27. The molecule has 0 bridgehead atoms. The largest absolute Gasteiger partial charge is 0.394 e. The maximum absolute atomic E-state index is 10.5. The molecule has 2 rings (SSSR count). The number of hydrogen-bond donors (Lipinski definition) is 10. The molecule has 0 aromatic rings. The van der Waals surface area contributed by atoms with Crippen molar-refractivity contribution in [1.29, 1.82) is 0 Å². The second-order valence-corrected chi connectivity index (χ2v) is 6.39. The molecule has 9 N–H and O–H groups in total. The Kier molecular flexibility index (Phi) is 5.03. The predicted octanol–water partition coefficient (Wildman–Crippen LogP) is -5.79. The first-order valence-electron chi connectivity index (χ1n) is 6.66. The third-order valence-corrected chi connectivity index (χ3v) is 4.75. The Morgan fingerprint density at radius 1 is 0.957 bits per heavy atom. The lowest BCUT2D eigenvalue weighted by molar-refractivity contribution is -0.483. The lowest BCUT2D eigenvalue weighted by Crippen LogP contribution is -2.81. The summed E-state index contributed by atoms with van der Waals surface area (Å²) in [5, 5.41) is 89.0. The number of ether oxygens (including phenoxy) is 2. The van der Waals surface area contributed by atoms with Crippen molar-refractivity contribution < 1.29 is 55.4 Å². The van der Waals surface area contributed by atoms with Gasteiger partial charge in [-0.1, -0.05) is 0 Å². The van der Waals surface area contributed by atoms with Crippen LogP contribution in [0.2, 0.25) is 0 Å². The van der Waals surface area contributed by atoms with Gasteiger partial charge in [-0.05, 0) is 0 Å². The molecule has 0 spiro atoms. The molecule has 0 saturated carbocycles. The highest BCUT2D eigenvalue weighted by Crippen LogP contribution is 2.45. The zero-order valence-corrected chi connectivity index (χ0v) is 12.6. The number of hydrogen-bond acceptors (Lipinski definition) is 12. The van der Waals surface area contributed by atoms with Crippen molar-refractivity contribution in [1.82, 2.24) is 0 Å². The average Bonchev–Trinajstić information content (AvgIpc) is 2.51. The molecule has 2 fully saturated rings. The lowest BCUT2D eigenvalue weighted by Gasteiger charge is -2.56. The monoisotopic (exact) mass is 360 g/mol. The van der Waals surface area contributed by atoms with Crippen LogP contribution < -0.4 is 0 Å². The summed E-state index contributed by atoms with van der Waals surface area (Å²) < 4.78 is 9.60. The second kappa shape index (κ2) is 6.01. The maximum Gasteiger partial charge on any atom is 0.254 e. The van der Waals surface area contributed by atoms with Crippen molar-refractivity contribution in [3.8, 4) is 0 Å². The van der Waals surface area contributed by atoms with E-state index in [1.165, 1.54) is 0 Å². The number of aliphatic hydroxyl groups excluding tert-OH is 6. The highest BCUT2D eigenvalue weighted by molar-refractivity contribution is 7.81. The highest BCUT2D eigenvalue weighted by Gasteiger charge is 2.72. The molecule has 2 heterocycles. The van der Waals surface area contributed by atoms with Gasteiger partial charge >= 0.3 is 0 Å². The Morgan fingerprint density at radius 2 is 1.52 bits per heavy atom. The van der Waals surface area contributed by atoms with Gasteiger partial charge in [0.05, 0.1) is 13.2 Å². The van der Waals surface area contributed by atoms with Crippen molar-refractivity contribution in [2.45, 2.75) is 53.1 Å². The summed E-state index contributed by atoms with van der Waals surface area (Å²) in [6, 6.07) is 0. The molecule has 12 heteroatoms. The SMILES string of the molecule is OCC1OC(O)(C2(O)OC[C@@H](O)[C@](O)(S)[C@@H]2O)C(O)C(O)C1O. The molecule has 9 atom stereocenters. The van der Waals surface area contributed by atoms with Crippen LogP contribution in [0, 0.1) is 0 Å². The van der Waals surface area contributed by atoms with Gasteiger partial charge in [-0.25, -0.2) is 0 Å². The van der Waals surface area contributed by atoms with Gasteiger partial charge < -0.3 is 55.4 Å². The quantitative estimate of drug-likeness (QED) is 0.166. The van der Waals surface area contributed by atoms with Crippen molar-refractivity contribution >= 4 is 12.6 Å². The van der Waals surface area contributed by atoms with E-state index in [-0.39, 0.29) is 0 Å². The Hall–Kier alpha value is -0.0900. The van der Waals surface area contributed by atoms with E-state index in [0.29, 0.717) is 0 Å². The zero-order valence-electron chi connectivity index (χ0n) is 11.7. The summed E-state index contributed by atoms with van der Waals surface area (Å²) in [5.41, 5.74) is 0. The van der Waals surface area contributed by atoms with Crippen molar-refractivity contribution in [3.63, 3.8) is 0 Å². The number of rotatable bonds is 2. The summed E-state index contributed by atoms with van der Waals surface area (Å²) in [6.07, 6.45) is -12.2. The van der Waals surface area contributed by atoms with Crippen molar-refractivity contribution in [2.75, 3.05) is 13.2 Å². The lowest BCUT2D eigenvalue weighted by atomic mass is 9.81. The molecule has 0 amide bonds. The van der Waals surface area contributed by atoms with Gasteiger partial charge in [0.25, 0.3) is 11.6 Å². The van der Waals surface area contributed by atoms with Gasteiger partial charge in [0, 0.05) is 0 Å². The standard InChI is InChI=1S/C11H20O11S/c12-1-3-5(14)6(15)7(16)10(19,22-3)11(20)8(17)9(18,23)4(13)2-21-11/h3-8,12-20,23H,1-2H2/t3?,4-,5?,6?,7?,8+,9+,10?,11?/m1/s1. The fourth-order valence-electron chi connectivity index (χ4n) is 2.63. The zero-order chi connectivity index (χ0) is 17.8. The van der Waals surface area contributed by atoms with Crippen molar-refractivity contribution in [2.24, 2.45) is 0 Å². The second-order valence-electron chi connectivity index (χ2n) is 5.67. The fourth-order valence-corrected chi connectivity index (χ4v) is 2.88. The molecule has 6 unspecified atom stereocenters. The third kappa shape index (κ3) is 2.59. The van der Waals surface area contributed by atoms with Gasteiger partial charge in [0.1, 0.15) is 30.5 Å². The molecular weight excluding hydrogens is 340 g/mol. The van der Waals surface area contributed by atoms with E-state index >= 15 is 0 Å². The summed E-state index contributed by atoms with van der Waals surface area (Å²) in [7, 11) is 0. The summed E-state index contributed by atoms with van der Waals surface area (Å²) in [6.45, 7) is -1.75. The van der Waals surface area contributed by atoms with E-state index in [1.807, 2.05) is 0 Å². The van der Waals surface area contributed by atoms with E-state index in [4.69, 9.17) is 14.6 Å². The minimum absolute atomic E-state index is 0.825. The molecular formula is C11H20O11S. The van der Waals surface area contributed by atoms with Crippen LogP contribution in [0.4, 0.5) is 0 Å². The van der Waals surface area contributed by atoms with Gasteiger partial charge in [0.15, 0.2) is 11.0 Å². The van der Waals surface area contributed by atoms with Crippen LogP contribution in [-0.4, -0.2) is 112 Å². The molecule has 136 valence electrons. The Labute approximate surface area is 135 Å². The van der Waals surface area contributed by atoms with E-state index in [0.717, 1.165) is 0 Å². The molecule has 0 radical (unpaired) electrons. The van der Waals surface area contributed by atoms with E-state index < -0.39 is 66.3 Å². The minimum Gasteiger partial charge on any atom is -0.394 e. The molecule has 23 heavy (non-hydrogen) atoms. The van der Waals surface area contributed by atoms with Crippen LogP contribution in [0.1, 0.15) is 0 Å². The summed E-state index contributed by atoms with van der Waals surface area (Å²) in [5.74, 6) is -6.52. The summed E-state index contributed by atoms with van der Waals surface area (Å²) >= 11 is 3.60. The molecule has 2 aliphatic rings. The van der Waals surface area contributed by atoms with E-state index in [2.05, 4.69) is 12.6 Å². The van der Waals surface area contributed by atoms with Gasteiger partial charge in [-0.2, -0.15) is 0 Å². The first-order chi connectivity index (χ1) is 10.4. The van der Waals surface area contributed by atoms with Gasteiger partial charge in [0.2, 0.25) is 0 Å². The van der Waals surface area contributed by atoms with E-state index in [1.54, 1.807) is 0 Å². The Bertz CT molecular complexity index is 448. The van der Waals surface area contributed by atoms with Crippen molar-refractivity contribution in [3.05, 3.63) is 0 Å². The van der Waals surface area contributed by atoms with Crippen LogP contribution in [0.3, 0.4) is 0 Å². The Balaban J connectivity index is 2.44. The first kappa shape index (κ1) is 19.2. The summed E-state index contributed by atoms with van der Waals surface area (Å²) in [4.78, 5) is -2.67. The van der Waals surface area contributed by atoms with Crippen LogP contribution in [0.15, 0.2) is 0 Å². The number of thiol groups is 1. The Morgan fingerprint density at radius 3 is 2.04 bits per heavy atom. The van der Waals surface area contributed by atoms with Gasteiger partial charge in [-0.3, -0.25) is 0 Å². The van der Waals surface area contributed by atoms with Gasteiger partial charge in [-0.15, -0.1) is 12.6 Å². The molecule has 2 saturated heterocycles. The van der Waals surface area contributed by atoms with Crippen LogP contribution in [0.25, 0.3) is 0 Å². The normalized spacial score (nSPS) is 58.2. The number of aliphatic hydroxyl groups is 9. The molecule has 0 aliphatic carbocycles. The fraction of sp³-hybridized carbons (Fsp3) is 1.00. The average molecular weight is 360 g/mol.